The summed E-state index contributed by atoms with van der Waals surface area (Å²) in [4.78, 5) is 17.0. The van der Waals surface area contributed by atoms with E-state index < -0.39 is 0 Å². The molecule has 4 heterocycles. The Morgan fingerprint density at radius 3 is 0.846 bits per heavy atom. The van der Waals surface area contributed by atoms with Crippen molar-refractivity contribution in [3.63, 3.8) is 0 Å². The lowest BCUT2D eigenvalue weighted by Gasteiger charge is -2.18. The van der Waals surface area contributed by atoms with Crippen LogP contribution in [0.3, 0.4) is 0 Å². The van der Waals surface area contributed by atoms with Crippen LogP contribution in [0.15, 0.2) is 182 Å². The largest absolute Gasteiger partial charge is 0.309 e. The fourth-order valence-corrected chi connectivity index (χ4v) is 13.3. The topological polar surface area (TPSA) is 53.5 Å². The van der Waals surface area contributed by atoms with Crippen molar-refractivity contribution in [2.75, 3.05) is 0 Å². The second-order valence-corrected chi connectivity index (χ2v) is 24.5. The molecular formula is C69H57I3N6. The van der Waals surface area contributed by atoms with Crippen LogP contribution in [0.5, 0.6) is 0 Å². The molecule has 384 valence electrons. The van der Waals surface area contributed by atoms with Gasteiger partial charge in [0.25, 0.3) is 0 Å². The summed E-state index contributed by atoms with van der Waals surface area (Å²) in [5, 5.41) is 7.47. The molecule has 0 atom stereocenters. The zero-order valence-electron chi connectivity index (χ0n) is 44.0. The Hall–Kier alpha value is -6.42. The van der Waals surface area contributed by atoms with Gasteiger partial charge in [-0.05, 0) is 250 Å². The van der Waals surface area contributed by atoms with Crippen LogP contribution in [-0.4, -0.2) is 28.7 Å². The molecule has 0 aliphatic carbocycles. The predicted molar refractivity (Wildman–Crippen MR) is 353 cm³/mol. The van der Waals surface area contributed by atoms with Gasteiger partial charge in [0.1, 0.15) is 0 Å². The van der Waals surface area contributed by atoms with Crippen LogP contribution in [0.4, 0.5) is 0 Å². The molecule has 0 bridgehead atoms. The number of fused-ring (bicyclic) bond motifs is 9. The zero-order chi connectivity index (χ0) is 53.0. The van der Waals surface area contributed by atoms with Gasteiger partial charge in [0, 0.05) is 59.7 Å². The maximum absolute atomic E-state index is 5.67. The summed E-state index contributed by atoms with van der Waals surface area (Å²) in [5.41, 5.74) is 16.8. The standard InChI is InChI=1S/C69H57I3N6/c1-4-7-16-43-25-31-61-52(37-43)53-38-44(17-8-5-2)26-32-62(53)76(61)58-22-13-10-19-49(58)67-73-68(50-20-11-14-23-59(50)77-63-33-27-45(18-9-6-3)39-54(63)55-40-46(70)28-34-64(55)77)75-69(74-67)51-21-12-15-24-60(51)78-65-35-29-47(71)41-56(65)57-42-48(72)30-36-66(57)78/h10-15,19-42H,4-9,16-18H2,1-3H3. The number of aromatic nitrogens is 6. The van der Waals surface area contributed by atoms with E-state index in [1.165, 1.54) is 70.8 Å². The molecule has 78 heavy (non-hydrogen) atoms. The molecule has 0 N–H and O–H groups in total. The predicted octanol–water partition coefficient (Wildman–Crippen LogP) is 20.0. The number of aryl methyl sites for hydroxylation is 3. The molecule has 0 aliphatic rings. The first-order chi connectivity index (χ1) is 38.3. The number of nitrogens with zero attached hydrogens (tertiary/aromatic N) is 6. The Bertz CT molecular complexity index is 4340. The third kappa shape index (κ3) is 9.20. The molecule has 0 aliphatic heterocycles. The smallest absolute Gasteiger partial charge is 0.166 e. The number of benzene rings is 9. The fourth-order valence-electron chi connectivity index (χ4n) is 11.8. The van der Waals surface area contributed by atoms with Crippen molar-refractivity contribution in [3.8, 4) is 51.2 Å². The molecule has 6 nitrogen and oxygen atoms in total. The highest BCUT2D eigenvalue weighted by Crippen LogP contribution is 2.42. The van der Waals surface area contributed by atoms with Gasteiger partial charge in [-0.3, -0.25) is 0 Å². The molecule has 0 fully saturated rings. The molecule has 9 heteroatoms. The summed E-state index contributed by atoms with van der Waals surface area (Å²) in [6, 6.07) is 67.6. The van der Waals surface area contributed by atoms with E-state index in [9.17, 15) is 0 Å². The Kier molecular flexibility index (Phi) is 14.2. The van der Waals surface area contributed by atoms with E-state index in [1.54, 1.807) is 0 Å². The molecule has 13 rings (SSSR count). The molecule has 0 amide bonds. The van der Waals surface area contributed by atoms with Crippen molar-refractivity contribution in [1.29, 1.82) is 0 Å². The Labute approximate surface area is 496 Å². The van der Waals surface area contributed by atoms with Gasteiger partial charge in [0.05, 0.1) is 50.2 Å². The monoisotopic (exact) mass is 1350 g/mol. The lowest BCUT2D eigenvalue weighted by atomic mass is 10.0. The van der Waals surface area contributed by atoms with E-state index in [4.69, 9.17) is 15.0 Å². The number of hydrogen-bond acceptors (Lipinski definition) is 3. The molecule has 9 aromatic carbocycles. The highest BCUT2D eigenvalue weighted by molar-refractivity contribution is 14.1. The van der Waals surface area contributed by atoms with Crippen LogP contribution < -0.4 is 0 Å². The van der Waals surface area contributed by atoms with Crippen molar-refractivity contribution < 1.29 is 0 Å². The number of unbranched alkanes of at least 4 members (excludes halogenated alkanes) is 3. The zero-order valence-corrected chi connectivity index (χ0v) is 50.5. The lowest BCUT2D eigenvalue weighted by molar-refractivity contribution is 0.795. The van der Waals surface area contributed by atoms with Crippen LogP contribution in [-0.2, 0) is 19.3 Å². The van der Waals surface area contributed by atoms with Gasteiger partial charge in [0.2, 0.25) is 0 Å². The van der Waals surface area contributed by atoms with E-state index in [0.717, 1.165) is 114 Å². The first-order valence-corrected chi connectivity index (χ1v) is 30.7. The second-order valence-electron chi connectivity index (χ2n) is 20.7. The van der Waals surface area contributed by atoms with Crippen LogP contribution in [0, 0.1) is 10.7 Å². The lowest BCUT2D eigenvalue weighted by Crippen LogP contribution is -2.06. The van der Waals surface area contributed by atoms with Gasteiger partial charge < -0.3 is 13.7 Å². The van der Waals surface area contributed by atoms with E-state index in [2.05, 4.69) is 284 Å². The van der Waals surface area contributed by atoms with E-state index in [0.29, 0.717) is 17.5 Å². The van der Waals surface area contributed by atoms with E-state index >= 15 is 0 Å². The first-order valence-electron chi connectivity index (χ1n) is 27.5. The highest BCUT2D eigenvalue weighted by atomic mass is 127. The van der Waals surface area contributed by atoms with Crippen molar-refractivity contribution >= 4 is 133 Å². The van der Waals surface area contributed by atoms with Crippen molar-refractivity contribution in [1.82, 2.24) is 28.7 Å². The maximum atomic E-state index is 5.67. The van der Waals surface area contributed by atoms with Crippen molar-refractivity contribution in [3.05, 3.63) is 209 Å². The number of rotatable bonds is 15. The Morgan fingerprint density at radius 1 is 0.308 bits per heavy atom. The minimum absolute atomic E-state index is 0.599. The highest BCUT2D eigenvalue weighted by Gasteiger charge is 2.25. The Morgan fingerprint density at radius 2 is 0.564 bits per heavy atom. The summed E-state index contributed by atoms with van der Waals surface area (Å²) in [6.07, 6.45) is 10.1. The van der Waals surface area contributed by atoms with Crippen molar-refractivity contribution in [2.24, 2.45) is 0 Å². The molecular weight excluding hydrogens is 1290 g/mol. The second kappa shape index (κ2) is 21.7. The maximum Gasteiger partial charge on any atom is 0.166 e. The molecule has 0 unspecified atom stereocenters. The van der Waals surface area contributed by atoms with Gasteiger partial charge in [-0.25, -0.2) is 15.0 Å². The quantitative estimate of drug-likeness (QED) is 0.0961. The fraction of sp³-hybridized carbons (Fsp3) is 0.174. The molecule has 0 saturated carbocycles. The molecule has 0 radical (unpaired) electrons. The minimum Gasteiger partial charge on any atom is -0.309 e. The van der Waals surface area contributed by atoms with Crippen LogP contribution >= 0.6 is 67.8 Å². The van der Waals surface area contributed by atoms with E-state index in [1.807, 2.05) is 0 Å². The SMILES string of the molecule is CCCCc1ccc2c(c1)c1cc(I)ccc1n2-c1ccccc1-c1nc(-c2ccccc2-n2c3ccc(I)cc3c3cc(I)ccc32)nc(-c2ccccc2-n2c3ccc(CCCC)cc3c3cc(CCCC)ccc32)n1. The van der Waals surface area contributed by atoms with Crippen LogP contribution in [0.1, 0.15) is 76.0 Å². The van der Waals surface area contributed by atoms with Crippen LogP contribution in [0.25, 0.3) is 117 Å². The van der Waals surface area contributed by atoms with Gasteiger partial charge in [-0.1, -0.05) is 94.6 Å². The summed E-state index contributed by atoms with van der Waals surface area (Å²) < 4.78 is 10.9. The van der Waals surface area contributed by atoms with Gasteiger partial charge >= 0.3 is 0 Å². The van der Waals surface area contributed by atoms with Crippen LogP contribution in [0.2, 0.25) is 0 Å². The minimum atomic E-state index is 0.599. The van der Waals surface area contributed by atoms with Gasteiger partial charge in [-0.15, -0.1) is 0 Å². The third-order valence-electron chi connectivity index (χ3n) is 15.6. The summed E-state index contributed by atoms with van der Waals surface area (Å²) in [7, 11) is 0. The number of hydrogen-bond donors (Lipinski definition) is 0. The summed E-state index contributed by atoms with van der Waals surface area (Å²) in [6.45, 7) is 6.81. The number of halogens is 3. The molecule has 0 spiro atoms. The molecule has 0 saturated heterocycles. The normalized spacial score (nSPS) is 11.9. The average Bonchev–Trinajstić information content (AvgIpc) is 4.31. The van der Waals surface area contributed by atoms with Gasteiger partial charge in [0.15, 0.2) is 17.5 Å². The molecule has 13 aromatic rings. The Balaban J connectivity index is 1.08. The van der Waals surface area contributed by atoms with E-state index in [-0.39, 0.29) is 0 Å². The average molecular weight is 1350 g/mol. The van der Waals surface area contributed by atoms with Crippen molar-refractivity contribution in [2.45, 2.75) is 78.6 Å². The molecule has 4 aromatic heterocycles. The first kappa shape index (κ1) is 51.0. The summed E-state index contributed by atoms with van der Waals surface area (Å²) in [5.74, 6) is 1.81. The van der Waals surface area contributed by atoms with Gasteiger partial charge in [-0.2, -0.15) is 0 Å². The third-order valence-corrected chi connectivity index (χ3v) is 17.6. The number of para-hydroxylation sites is 3. The summed E-state index contributed by atoms with van der Waals surface area (Å²) >= 11 is 7.33.